The fraction of sp³-hybridized carbons (Fsp3) is 0.286. The quantitative estimate of drug-likeness (QED) is 0.407. The van der Waals surface area contributed by atoms with Gasteiger partial charge in [-0.15, -0.1) is 12.6 Å². The molecule has 1 aliphatic heterocycles. The minimum absolute atomic E-state index is 0.0464. The Morgan fingerprint density at radius 1 is 0.943 bits per heavy atom. The first-order valence-corrected chi connectivity index (χ1v) is 12.2. The number of hydrogen-bond donors (Lipinski definition) is 1. The predicted molar refractivity (Wildman–Crippen MR) is 139 cm³/mol. The van der Waals surface area contributed by atoms with Gasteiger partial charge in [-0.1, -0.05) is 48.5 Å². The highest BCUT2D eigenvalue weighted by Crippen LogP contribution is 2.44. The number of fused-ring (bicyclic) bond motifs is 3. The van der Waals surface area contributed by atoms with Crippen LogP contribution in [0.2, 0.25) is 0 Å². The molecule has 0 atom stereocenters. The fourth-order valence-corrected chi connectivity index (χ4v) is 5.40. The number of carbonyl (C=O) groups is 2. The van der Waals surface area contributed by atoms with E-state index in [0.29, 0.717) is 43.2 Å². The van der Waals surface area contributed by atoms with Gasteiger partial charge in [0.25, 0.3) is 0 Å². The number of thiol groups is 1. The Bertz CT molecular complexity index is 1240. The first-order chi connectivity index (χ1) is 17.0. The molecule has 0 radical (unpaired) electrons. The zero-order valence-electron chi connectivity index (χ0n) is 19.9. The number of amides is 1. The third kappa shape index (κ3) is 4.36. The summed E-state index contributed by atoms with van der Waals surface area (Å²) in [6.07, 6.45) is -0.290. The van der Waals surface area contributed by atoms with Crippen molar-refractivity contribution in [2.24, 2.45) is 0 Å². The van der Waals surface area contributed by atoms with Crippen molar-refractivity contribution in [3.63, 3.8) is 0 Å². The second-order valence-electron chi connectivity index (χ2n) is 8.91. The van der Waals surface area contributed by atoms with Gasteiger partial charge in [0.05, 0.1) is 12.7 Å². The summed E-state index contributed by atoms with van der Waals surface area (Å²) in [7, 11) is 1.37. The van der Waals surface area contributed by atoms with Gasteiger partial charge in [-0.3, -0.25) is 0 Å². The van der Waals surface area contributed by atoms with Crippen LogP contribution in [0.25, 0.3) is 11.1 Å². The van der Waals surface area contributed by atoms with Gasteiger partial charge in [0.15, 0.2) is 0 Å². The van der Waals surface area contributed by atoms with Gasteiger partial charge in [0.1, 0.15) is 6.61 Å². The van der Waals surface area contributed by atoms with Gasteiger partial charge in [0.2, 0.25) is 0 Å². The first kappa shape index (κ1) is 23.3. The molecule has 0 unspecified atom stereocenters. The molecule has 0 N–H and O–H groups in total. The van der Waals surface area contributed by atoms with Crippen LogP contribution in [0, 0.1) is 6.92 Å². The van der Waals surface area contributed by atoms with E-state index in [1.807, 2.05) is 37.3 Å². The maximum atomic E-state index is 12.9. The fourth-order valence-electron chi connectivity index (χ4n) is 5.15. The number of nitrogens with zero attached hydrogens (tertiary/aromatic N) is 2. The summed E-state index contributed by atoms with van der Waals surface area (Å²) in [6, 6.07) is 20.3. The molecule has 1 saturated heterocycles. The summed E-state index contributed by atoms with van der Waals surface area (Å²) in [5, 5.41) is 0. The van der Waals surface area contributed by atoms with E-state index in [2.05, 4.69) is 41.8 Å². The molecular weight excluding hydrogens is 460 g/mol. The molecule has 1 fully saturated rings. The monoisotopic (exact) mass is 488 g/mol. The Kier molecular flexibility index (Phi) is 6.43. The van der Waals surface area contributed by atoms with E-state index >= 15 is 0 Å². The van der Waals surface area contributed by atoms with E-state index in [9.17, 15) is 9.59 Å². The lowest BCUT2D eigenvalue weighted by Gasteiger charge is -2.36. The topological polar surface area (TPSA) is 59.1 Å². The molecule has 1 heterocycles. The molecule has 5 rings (SSSR count). The van der Waals surface area contributed by atoms with E-state index in [0.717, 1.165) is 11.3 Å². The summed E-state index contributed by atoms with van der Waals surface area (Å²) < 4.78 is 10.7. The Morgan fingerprint density at radius 3 is 2.14 bits per heavy atom. The van der Waals surface area contributed by atoms with Crippen molar-refractivity contribution >= 4 is 30.4 Å². The van der Waals surface area contributed by atoms with Crippen molar-refractivity contribution < 1.29 is 19.1 Å². The number of piperazine rings is 1. The smallest absolute Gasteiger partial charge is 0.409 e. The second-order valence-corrected chi connectivity index (χ2v) is 9.42. The van der Waals surface area contributed by atoms with Crippen LogP contribution in [-0.2, 0) is 9.47 Å². The van der Waals surface area contributed by atoms with Gasteiger partial charge in [-0.2, -0.15) is 0 Å². The summed E-state index contributed by atoms with van der Waals surface area (Å²) in [5.41, 5.74) is 7.13. The number of hydrogen-bond acceptors (Lipinski definition) is 6. The van der Waals surface area contributed by atoms with Crippen LogP contribution < -0.4 is 4.90 Å². The molecule has 7 heteroatoms. The van der Waals surface area contributed by atoms with Crippen molar-refractivity contribution in [2.75, 3.05) is 44.8 Å². The molecule has 0 spiro atoms. The maximum Gasteiger partial charge on any atom is 0.409 e. The number of carbonyl (C=O) groups excluding carboxylic acids is 2. The van der Waals surface area contributed by atoms with Crippen LogP contribution in [0.3, 0.4) is 0 Å². The van der Waals surface area contributed by atoms with Crippen LogP contribution >= 0.6 is 12.6 Å². The average Bonchev–Trinajstić information content (AvgIpc) is 3.21. The van der Waals surface area contributed by atoms with E-state index in [1.54, 1.807) is 11.0 Å². The first-order valence-electron chi connectivity index (χ1n) is 11.7. The van der Waals surface area contributed by atoms with Gasteiger partial charge >= 0.3 is 12.1 Å². The Hall–Kier alpha value is -3.45. The normalized spacial score (nSPS) is 14.9. The summed E-state index contributed by atoms with van der Waals surface area (Å²) >= 11 is 4.47. The third-order valence-electron chi connectivity index (χ3n) is 6.98. The standard InChI is InChI=1S/C28H28N2O4S/c1-18-24(27(31)33-2)15-19(35)16-26(18)29-11-13-30(14-12-29)28(32)34-17-25-22-9-5-3-7-20(22)21-8-4-6-10-23(21)25/h3-10,15-16,25,35H,11-14,17H2,1-2H3. The van der Waals surface area contributed by atoms with E-state index in [1.165, 1.54) is 29.4 Å². The lowest BCUT2D eigenvalue weighted by molar-refractivity contribution is 0.0599. The summed E-state index contributed by atoms with van der Waals surface area (Å²) in [4.78, 5) is 29.7. The lowest BCUT2D eigenvalue weighted by atomic mass is 9.98. The molecule has 35 heavy (non-hydrogen) atoms. The number of ether oxygens (including phenoxy) is 2. The number of rotatable bonds is 4. The average molecular weight is 489 g/mol. The minimum Gasteiger partial charge on any atom is -0.465 e. The summed E-state index contributed by atoms with van der Waals surface area (Å²) in [5.74, 6) is -0.331. The van der Waals surface area contributed by atoms with Gasteiger partial charge in [0, 0.05) is 42.7 Å². The highest BCUT2D eigenvalue weighted by molar-refractivity contribution is 7.80. The molecule has 1 amide bonds. The van der Waals surface area contributed by atoms with E-state index in [-0.39, 0.29) is 18.0 Å². The molecule has 2 aliphatic rings. The molecule has 180 valence electrons. The number of esters is 1. The highest BCUT2D eigenvalue weighted by atomic mass is 32.1. The van der Waals surface area contributed by atoms with Crippen molar-refractivity contribution in [3.8, 4) is 11.1 Å². The van der Waals surface area contributed by atoms with Gasteiger partial charge < -0.3 is 19.3 Å². The highest BCUT2D eigenvalue weighted by Gasteiger charge is 2.30. The van der Waals surface area contributed by atoms with Gasteiger partial charge in [-0.25, -0.2) is 9.59 Å². The Labute approximate surface area is 210 Å². The van der Waals surface area contributed by atoms with Crippen molar-refractivity contribution in [1.82, 2.24) is 4.90 Å². The van der Waals surface area contributed by atoms with E-state index in [4.69, 9.17) is 9.47 Å². The zero-order valence-corrected chi connectivity index (χ0v) is 20.8. The van der Waals surface area contributed by atoms with Crippen LogP contribution in [0.1, 0.15) is 33.0 Å². The van der Waals surface area contributed by atoms with E-state index < -0.39 is 0 Å². The maximum absolute atomic E-state index is 12.9. The molecular formula is C28H28N2O4S. The number of anilines is 1. The van der Waals surface area contributed by atoms with Crippen LogP contribution in [0.5, 0.6) is 0 Å². The molecule has 3 aromatic carbocycles. The van der Waals surface area contributed by atoms with Crippen LogP contribution in [-0.4, -0.2) is 56.9 Å². The Morgan fingerprint density at radius 2 is 1.54 bits per heavy atom. The third-order valence-corrected chi connectivity index (χ3v) is 7.24. The molecule has 0 aromatic heterocycles. The lowest BCUT2D eigenvalue weighted by Crippen LogP contribution is -2.49. The summed E-state index contributed by atoms with van der Waals surface area (Å²) in [6.45, 7) is 4.59. The zero-order chi connectivity index (χ0) is 24.5. The molecule has 3 aromatic rings. The Balaban J connectivity index is 1.24. The van der Waals surface area contributed by atoms with Crippen molar-refractivity contribution in [1.29, 1.82) is 0 Å². The number of methoxy groups -OCH3 is 1. The molecule has 0 bridgehead atoms. The second kappa shape index (κ2) is 9.66. The molecule has 0 saturated carbocycles. The predicted octanol–water partition coefficient (Wildman–Crippen LogP) is 5.14. The molecule has 6 nitrogen and oxygen atoms in total. The van der Waals surface area contributed by atoms with Gasteiger partial charge in [-0.05, 0) is 46.9 Å². The van der Waals surface area contributed by atoms with Crippen molar-refractivity contribution in [3.05, 3.63) is 82.9 Å². The van der Waals surface area contributed by atoms with Crippen LogP contribution in [0.15, 0.2) is 65.6 Å². The number of benzene rings is 3. The largest absolute Gasteiger partial charge is 0.465 e. The van der Waals surface area contributed by atoms with Crippen LogP contribution in [0.4, 0.5) is 10.5 Å². The van der Waals surface area contributed by atoms with Crippen molar-refractivity contribution in [2.45, 2.75) is 17.7 Å². The minimum atomic E-state index is -0.378. The SMILES string of the molecule is COC(=O)c1cc(S)cc(N2CCN(C(=O)OCC3c4ccccc4-c4ccccc43)CC2)c1C. The molecule has 1 aliphatic carbocycles.